The summed E-state index contributed by atoms with van der Waals surface area (Å²) >= 11 is 0. The van der Waals surface area contributed by atoms with Gasteiger partial charge in [-0.05, 0) is 12.8 Å². The van der Waals surface area contributed by atoms with Crippen LogP contribution < -0.4 is 0 Å². The molecule has 4 nitrogen and oxygen atoms in total. The third-order valence-electron chi connectivity index (χ3n) is 2.34. The Balaban J connectivity index is 3.81. The van der Waals surface area contributed by atoms with E-state index < -0.39 is 11.8 Å². The fraction of sp³-hybridized carbons (Fsp3) is 0.889. The van der Waals surface area contributed by atoms with E-state index in [1.54, 1.807) is 6.92 Å². The molecule has 13 heavy (non-hydrogen) atoms. The van der Waals surface area contributed by atoms with Gasteiger partial charge in [-0.25, -0.2) is 0 Å². The molecule has 0 aromatic carbocycles. The molecule has 0 aliphatic carbocycles. The molecule has 0 aromatic heterocycles. The minimum atomic E-state index is -1.72. The molecule has 78 valence electrons. The molecule has 0 aromatic rings. The Hall–Kier alpha value is -0.610. The highest BCUT2D eigenvalue weighted by molar-refractivity contribution is 5.66. The number of aliphatic carboxylic acids is 1. The van der Waals surface area contributed by atoms with Gasteiger partial charge in [-0.2, -0.15) is 0 Å². The number of rotatable bonds is 6. The normalized spacial score (nSPS) is 14.2. The Morgan fingerprint density at radius 2 is 2.00 bits per heavy atom. The van der Waals surface area contributed by atoms with Crippen LogP contribution in [0.15, 0.2) is 0 Å². The number of aliphatic hydroxyl groups is 2. The Morgan fingerprint density at radius 3 is 2.38 bits per heavy atom. The summed E-state index contributed by atoms with van der Waals surface area (Å²) in [6, 6.07) is 0. The number of hydrogen-bond acceptors (Lipinski definition) is 3. The minimum absolute atomic E-state index is 0.0146. The van der Waals surface area contributed by atoms with Crippen LogP contribution in [0.4, 0.5) is 0 Å². The van der Waals surface area contributed by atoms with E-state index in [2.05, 4.69) is 0 Å². The maximum atomic E-state index is 10.2. The SMILES string of the molecule is CCC(C)C(O)(O)CCCC(=O)O. The standard InChI is InChI=1S/C9H18O4/c1-3-7(2)9(12,13)6-4-5-8(10)11/h7,12-13H,3-6H2,1-2H3,(H,10,11). The van der Waals surface area contributed by atoms with Gasteiger partial charge >= 0.3 is 5.97 Å². The van der Waals surface area contributed by atoms with E-state index in [4.69, 9.17) is 5.11 Å². The van der Waals surface area contributed by atoms with Gasteiger partial charge in [-0.15, -0.1) is 0 Å². The van der Waals surface area contributed by atoms with E-state index in [0.717, 1.165) is 0 Å². The van der Waals surface area contributed by atoms with Gasteiger partial charge in [-0.3, -0.25) is 4.79 Å². The second-order valence-electron chi connectivity index (χ2n) is 3.44. The molecule has 0 saturated carbocycles. The summed E-state index contributed by atoms with van der Waals surface area (Å²) in [5.41, 5.74) is 0. The summed E-state index contributed by atoms with van der Waals surface area (Å²) in [4.78, 5) is 10.2. The van der Waals surface area contributed by atoms with Gasteiger partial charge in [0.25, 0.3) is 0 Å². The first-order chi connectivity index (χ1) is 5.90. The van der Waals surface area contributed by atoms with Crippen LogP contribution in [0.25, 0.3) is 0 Å². The number of carbonyl (C=O) groups is 1. The van der Waals surface area contributed by atoms with E-state index >= 15 is 0 Å². The maximum absolute atomic E-state index is 10.2. The lowest BCUT2D eigenvalue weighted by Gasteiger charge is -2.27. The lowest BCUT2D eigenvalue weighted by atomic mass is 9.93. The second kappa shape index (κ2) is 5.19. The zero-order chi connectivity index (χ0) is 10.5. The van der Waals surface area contributed by atoms with Crippen molar-refractivity contribution in [3.05, 3.63) is 0 Å². The Morgan fingerprint density at radius 1 is 1.46 bits per heavy atom. The number of hydrogen-bond donors (Lipinski definition) is 3. The fourth-order valence-electron chi connectivity index (χ4n) is 1.07. The summed E-state index contributed by atoms with van der Waals surface area (Å²) in [5, 5.41) is 27.3. The van der Waals surface area contributed by atoms with Gasteiger partial charge in [0.2, 0.25) is 0 Å². The Kier molecular flexibility index (Phi) is 4.95. The highest BCUT2D eigenvalue weighted by atomic mass is 16.5. The second-order valence-corrected chi connectivity index (χ2v) is 3.44. The molecule has 0 fully saturated rings. The van der Waals surface area contributed by atoms with Gasteiger partial charge in [0.1, 0.15) is 0 Å². The average molecular weight is 190 g/mol. The summed E-state index contributed by atoms with van der Waals surface area (Å²) in [6.45, 7) is 3.60. The summed E-state index contributed by atoms with van der Waals surface area (Å²) in [7, 11) is 0. The highest BCUT2D eigenvalue weighted by Crippen LogP contribution is 2.23. The molecule has 0 radical (unpaired) electrons. The van der Waals surface area contributed by atoms with Crippen molar-refractivity contribution in [2.75, 3.05) is 0 Å². The van der Waals surface area contributed by atoms with E-state index in [1.807, 2.05) is 6.92 Å². The third kappa shape index (κ3) is 4.85. The van der Waals surface area contributed by atoms with Crippen LogP contribution in [0.3, 0.4) is 0 Å². The van der Waals surface area contributed by atoms with Crippen molar-refractivity contribution >= 4 is 5.97 Å². The van der Waals surface area contributed by atoms with E-state index in [-0.39, 0.29) is 18.8 Å². The van der Waals surface area contributed by atoms with Gasteiger partial charge in [0.05, 0.1) is 0 Å². The molecule has 0 bridgehead atoms. The summed E-state index contributed by atoms with van der Waals surface area (Å²) in [6.07, 6.45) is 1.07. The van der Waals surface area contributed by atoms with Crippen molar-refractivity contribution in [3.63, 3.8) is 0 Å². The predicted octanol–water partition coefficient (Wildman–Crippen LogP) is 0.968. The fourth-order valence-corrected chi connectivity index (χ4v) is 1.07. The largest absolute Gasteiger partial charge is 0.481 e. The zero-order valence-corrected chi connectivity index (χ0v) is 8.16. The average Bonchev–Trinajstić information content (AvgIpc) is 2.01. The van der Waals surface area contributed by atoms with Crippen LogP contribution in [-0.4, -0.2) is 27.1 Å². The molecule has 0 amide bonds. The molecule has 0 aliphatic rings. The number of carboxylic acid groups (broad SMARTS) is 1. The van der Waals surface area contributed by atoms with E-state index in [1.165, 1.54) is 0 Å². The molecule has 0 aliphatic heterocycles. The molecule has 0 saturated heterocycles. The van der Waals surface area contributed by atoms with Crippen LogP contribution in [0.5, 0.6) is 0 Å². The van der Waals surface area contributed by atoms with Crippen molar-refractivity contribution in [2.45, 2.75) is 45.3 Å². The smallest absolute Gasteiger partial charge is 0.303 e. The van der Waals surface area contributed by atoms with Crippen LogP contribution in [0.1, 0.15) is 39.5 Å². The first-order valence-electron chi connectivity index (χ1n) is 4.56. The van der Waals surface area contributed by atoms with Crippen LogP contribution in [-0.2, 0) is 4.79 Å². The molecular formula is C9H18O4. The number of carboxylic acids is 1. The topological polar surface area (TPSA) is 77.8 Å². The lowest BCUT2D eigenvalue weighted by Crippen LogP contribution is -2.35. The molecule has 1 atom stereocenters. The predicted molar refractivity (Wildman–Crippen MR) is 48.1 cm³/mol. The Labute approximate surface area is 78.2 Å². The van der Waals surface area contributed by atoms with Crippen LogP contribution in [0.2, 0.25) is 0 Å². The van der Waals surface area contributed by atoms with Crippen molar-refractivity contribution in [3.8, 4) is 0 Å². The van der Waals surface area contributed by atoms with E-state index in [0.29, 0.717) is 12.8 Å². The molecule has 0 heterocycles. The first-order valence-corrected chi connectivity index (χ1v) is 4.56. The molecule has 4 heteroatoms. The first kappa shape index (κ1) is 12.4. The van der Waals surface area contributed by atoms with Gasteiger partial charge in [0.15, 0.2) is 5.79 Å². The molecule has 1 unspecified atom stereocenters. The maximum Gasteiger partial charge on any atom is 0.303 e. The van der Waals surface area contributed by atoms with Crippen LogP contribution in [0, 0.1) is 5.92 Å². The summed E-state index contributed by atoms with van der Waals surface area (Å²) < 4.78 is 0. The zero-order valence-electron chi connectivity index (χ0n) is 8.16. The minimum Gasteiger partial charge on any atom is -0.481 e. The highest BCUT2D eigenvalue weighted by Gasteiger charge is 2.28. The monoisotopic (exact) mass is 190 g/mol. The van der Waals surface area contributed by atoms with E-state index in [9.17, 15) is 15.0 Å². The van der Waals surface area contributed by atoms with Gasteiger partial charge in [-0.1, -0.05) is 13.8 Å². The van der Waals surface area contributed by atoms with Crippen LogP contribution >= 0.6 is 0 Å². The van der Waals surface area contributed by atoms with Crippen molar-refractivity contribution < 1.29 is 20.1 Å². The quantitative estimate of drug-likeness (QED) is 0.545. The van der Waals surface area contributed by atoms with Crippen molar-refractivity contribution in [1.82, 2.24) is 0 Å². The third-order valence-corrected chi connectivity index (χ3v) is 2.34. The lowest BCUT2D eigenvalue weighted by molar-refractivity contribution is -0.201. The van der Waals surface area contributed by atoms with Crippen molar-refractivity contribution in [2.24, 2.45) is 5.92 Å². The molecule has 0 spiro atoms. The summed E-state index contributed by atoms with van der Waals surface area (Å²) in [5.74, 6) is -2.84. The van der Waals surface area contributed by atoms with Gasteiger partial charge in [0, 0.05) is 18.8 Å². The molecular weight excluding hydrogens is 172 g/mol. The van der Waals surface area contributed by atoms with Gasteiger partial charge < -0.3 is 15.3 Å². The molecule has 3 N–H and O–H groups in total. The van der Waals surface area contributed by atoms with Crippen molar-refractivity contribution in [1.29, 1.82) is 0 Å². The molecule has 0 rings (SSSR count). The Bertz CT molecular complexity index is 165.